The van der Waals surface area contributed by atoms with Crippen molar-refractivity contribution in [1.82, 2.24) is 0 Å². The van der Waals surface area contributed by atoms with Crippen molar-refractivity contribution in [3.8, 4) is 0 Å². The topological polar surface area (TPSA) is 44.5 Å². The van der Waals surface area contributed by atoms with Crippen molar-refractivity contribution < 1.29 is 9.47 Å². The number of nitrogens with two attached hydrogens (primary N) is 1. The molecule has 2 atom stereocenters. The molecule has 2 aliphatic carbocycles. The lowest BCUT2D eigenvalue weighted by molar-refractivity contribution is -0.0933. The van der Waals surface area contributed by atoms with Gasteiger partial charge in [0.1, 0.15) is 6.79 Å². The molecule has 2 fully saturated rings. The molecular formula is C10H19NO2. The van der Waals surface area contributed by atoms with Crippen LogP contribution in [0.1, 0.15) is 32.1 Å². The fourth-order valence-corrected chi connectivity index (χ4v) is 1.80. The number of hydrogen-bond acceptors (Lipinski definition) is 3. The van der Waals surface area contributed by atoms with E-state index in [-0.39, 0.29) is 12.1 Å². The Bertz CT molecular complexity index is 159. The summed E-state index contributed by atoms with van der Waals surface area (Å²) >= 11 is 0. The average Bonchev–Trinajstić information content (AvgIpc) is 2.86. The van der Waals surface area contributed by atoms with E-state index in [9.17, 15) is 0 Å². The minimum atomic E-state index is 0.240. The highest BCUT2D eigenvalue weighted by Gasteiger charge is 2.25. The Kier molecular flexibility index (Phi) is 3.19. The normalized spacial score (nSPS) is 33.9. The first-order valence-electron chi connectivity index (χ1n) is 5.31. The van der Waals surface area contributed by atoms with Crippen molar-refractivity contribution in [1.29, 1.82) is 0 Å². The van der Waals surface area contributed by atoms with Gasteiger partial charge in [0.2, 0.25) is 0 Å². The molecule has 0 saturated heterocycles. The molecule has 2 unspecified atom stereocenters. The molecule has 0 heterocycles. The third-order valence-corrected chi connectivity index (χ3v) is 2.92. The zero-order chi connectivity index (χ0) is 9.10. The first-order valence-corrected chi connectivity index (χ1v) is 5.31. The summed E-state index contributed by atoms with van der Waals surface area (Å²) in [6.07, 6.45) is 6.33. The summed E-state index contributed by atoms with van der Waals surface area (Å²) in [6.45, 7) is 1.32. The van der Waals surface area contributed by atoms with Crippen molar-refractivity contribution in [3.05, 3.63) is 0 Å². The number of ether oxygens (including phenoxy) is 2. The molecule has 0 aliphatic heterocycles. The van der Waals surface area contributed by atoms with Crippen LogP contribution >= 0.6 is 0 Å². The van der Waals surface area contributed by atoms with E-state index in [4.69, 9.17) is 15.2 Å². The highest BCUT2D eigenvalue weighted by atomic mass is 16.7. The molecule has 2 aliphatic rings. The van der Waals surface area contributed by atoms with Crippen molar-refractivity contribution in [2.45, 2.75) is 44.2 Å². The van der Waals surface area contributed by atoms with Gasteiger partial charge in [0, 0.05) is 6.04 Å². The van der Waals surface area contributed by atoms with Crippen molar-refractivity contribution in [2.24, 2.45) is 11.7 Å². The maximum Gasteiger partial charge on any atom is 0.147 e. The van der Waals surface area contributed by atoms with Crippen LogP contribution in [-0.4, -0.2) is 25.5 Å². The second kappa shape index (κ2) is 4.40. The molecule has 2 N–H and O–H groups in total. The van der Waals surface area contributed by atoms with Crippen molar-refractivity contribution in [3.63, 3.8) is 0 Å². The van der Waals surface area contributed by atoms with Crippen LogP contribution in [0.3, 0.4) is 0 Å². The molecular weight excluding hydrogens is 166 g/mol. The molecule has 3 heteroatoms. The Balaban J connectivity index is 1.51. The van der Waals surface area contributed by atoms with Crippen LogP contribution in [0.15, 0.2) is 0 Å². The van der Waals surface area contributed by atoms with E-state index in [1.165, 1.54) is 19.3 Å². The van der Waals surface area contributed by atoms with Crippen molar-refractivity contribution >= 4 is 0 Å². The molecule has 13 heavy (non-hydrogen) atoms. The van der Waals surface area contributed by atoms with Crippen LogP contribution in [0, 0.1) is 5.92 Å². The van der Waals surface area contributed by atoms with Crippen LogP contribution in [0.5, 0.6) is 0 Å². The van der Waals surface area contributed by atoms with Gasteiger partial charge in [-0.05, 0) is 38.0 Å². The standard InChI is InChI=1S/C10H19NO2/c11-9-2-1-3-10(9)13-7-12-6-8-4-5-8/h8-10H,1-7,11H2. The number of rotatable bonds is 5. The smallest absolute Gasteiger partial charge is 0.147 e. The second-order valence-electron chi connectivity index (χ2n) is 4.23. The molecule has 0 aromatic heterocycles. The molecule has 3 nitrogen and oxygen atoms in total. The summed E-state index contributed by atoms with van der Waals surface area (Å²) in [6, 6.07) is 0.240. The molecule has 0 bridgehead atoms. The summed E-state index contributed by atoms with van der Waals surface area (Å²) in [5, 5.41) is 0. The van der Waals surface area contributed by atoms with E-state index in [0.29, 0.717) is 6.79 Å². The second-order valence-corrected chi connectivity index (χ2v) is 4.23. The Morgan fingerprint density at radius 3 is 2.62 bits per heavy atom. The quantitative estimate of drug-likeness (QED) is 0.518. The van der Waals surface area contributed by atoms with E-state index in [1.54, 1.807) is 0 Å². The van der Waals surface area contributed by atoms with Crippen LogP contribution in [0.25, 0.3) is 0 Å². The molecule has 76 valence electrons. The van der Waals surface area contributed by atoms with Gasteiger partial charge in [0.15, 0.2) is 0 Å². The summed E-state index contributed by atoms with van der Waals surface area (Å²) in [5.74, 6) is 0.820. The molecule has 2 saturated carbocycles. The van der Waals surface area contributed by atoms with Gasteiger partial charge in [0.05, 0.1) is 12.7 Å². The lowest BCUT2D eigenvalue weighted by atomic mass is 10.2. The van der Waals surface area contributed by atoms with E-state index in [1.807, 2.05) is 0 Å². The molecule has 0 amide bonds. The highest BCUT2D eigenvalue weighted by Crippen LogP contribution is 2.28. The maximum absolute atomic E-state index is 5.85. The fourth-order valence-electron chi connectivity index (χ4n) is 1.80. The van der Waals surface area contributed by atoms with Gasteiger partial charge in [-0.15, -0.1) is 0 Å². The predicted molar refractivity (Wildman–Crippen MR) is 50.2 cm³/mol. The molecule has 0 radical (unpaired) electrons. The summed E-state index contributed by atoms with van der Waals surface area (Å²) < 4.78 is 10.9. The molecule has 0 aromatic rings. The van der Waals surface area contributed by atoms with E-state index in [0.717, 1.165) is 25.4 Å². The van der Waals surface area contributed by atoms with E-state index < -0.39 is 0 Å². The van der Waals surface area contributed by atoms with E-state index in [2.05, 4.69) is 0 Å². The molecule has 0 spiro atoms. The number of hydrogen-bond donors (Lipinski definition) is 1. The summed E-state index contributed by atoms with van der Waals surface area (Å²) in [4.78, 5) is 0. The summed E-state index contributed by atoms with van der Waals surface area (Å²) in [5.41, 5.74) is 5.85. The van der Waals surface area contributed by atoms with Crippen LogP contribution in [0.2, 0.25) is 0 Å². The zero-order valence-electron chi connectivity index (χ0n) is 8.08. The third kappa shape index (κ3) is 2.93. The fraction of sp³-hybridized carbons (Fsp3) is 1.00. The van der Waals surface area contributed by atoms with Crippen molar-refractivity contribution in [2.75, 3.05) is 13.4 Å². The lowest BCUT2D eigenvalue weighted by Crippen LogP contribution is -2.32. The minimum Gasteiger partial charge on any atom is -0.355 e. The lowest BCUT2D eigenvalue weighted by Gasteiger charge is -2.16. The first-order chi connectivity index (χ1) is 6.36. The summed E-state index contributed by atoms with van der Waals surface area (Å²) in [7, 11) is 0. The average molecular weight is 185 g/mol. The van der Waals surface area contributed by atoms with Gasteiger partial charge in [-0.2, -0.15) is 0 Å². The largest absolute Gasteiger partial charge is 0.355 e. The highest BCUT2D eigenvalue weighted by molar-refractivity contribution is 4.80. The Morgan fingerprint density at radius 1 is 1.15 bits per heavy atom. The van der Waals surface area contributed by atoms with Gasteiger partial charge in [-0.3, -0.25) is 0 Å². The van der Waals surface area contributed by atoms with Gasteiger partial charge in [0.25, 0.3) is 0 Å². The molecule has 0 aromatic carbocycles. The third-order valence-electron chi connectivity index (χ3n) is 2.92. The monoisotopic (exact) mass is 185 g/mol. The van der Waals surface area contributed by atoms with E-state index >= 15 is 0 Å². The first kappa shape index (κ1) is 9.44. The van der Waals surface area contributed by atoms with Crippen LogP contribution < -0.4 is 5.73 Å². The Morgan fingerprint density at radius 2 is 2.00 bits per heavy atom. The van der Waals surface area contributed by atoms with Gasteiger partial charge < -0.3 is 15.2 Å². The van der Waals surface area contributed by atoms with Crippen LogP contribution in [0.4, 0.5) is 0 Å². The maximum atomic E-state index is 5.85. The Hall–Kier alpha value is -0.120. The van der Waals surface area contributed by atoms with Gasteiger partial charge in [-0.1, -0.05) is 0 Å². The zero-order valence-corrected chi connectivity index (χ0v) is 8.08. The molecule has 2 rings (SSSR count). The predicted octanol–water partition coefficient (Wildman–Crippen LogP) is 1.27. The van der Waals surface area contributed by atoms with Gasteiger partial charge >= 0.3 is 0 Å². The van der Waals surface area contributed by atoms with Crippen LogP contribution in [-0.2, 0) is 9.47 Å². The minimum absolute atomic E-state index is 0.240. The SMILES string of the molecule is NC1CCCC1OCOCC1CC1. The van der Waals surface area contributed by atoms with Gasteiger partial charge in [-0.25, -0.2) is 0 Å². The Labute approximate surface area is 79.6 Å².